The summed E-state index contributed by atoms with van der Waals surface area (Å²) in [4.78, 5) is 26.1. The number of carbonyl (C=O) groups excluding carboxylic acids is 1. The summed E-state index contributed by atoms with van der Waals surface area (Å²) in [5.41, 5.74) is 3.96. The second-order valence-corrected chi connectivity index (χ2v) is 7.70. The average molecular weight is 397 g/mol. The Morgan fingerprint density at radius 3 is 2.55 bits per heavy atom. The molecule has 29 heavy (non-hydrogen) atoms. The molecule has 1 aliphatic rings. The van der Waals surface area contributed by atoms with Gasteiger partial charge in [-0.05, 0) is 44.7 Å². The van der Waals surface area contributed by atoms with E-state index in [-0.39, 0.29) is 5.69 Å². The highest BCUT2D eigenvalue weighted by atomic mass is 16.5. The molecule has 0 radical (unpaired) electrons. The largest absolute Gasteiger partial charge is 0.381 e. The summed E-state index contributed by atoms with van der Waals surface area (Å²) in [7, 11) is 1.88. The number of hydrogen-bond acceptors (Lipinski definition) is 4. The highest BCUT2D eigenvalue weighted by Gasteiger charge is 2.22. The van der Waals surface area contributed by atoms with Crippen LogP contribution in [0.25, 0.3) is 11.0 Å². The summed E-state index contributed by atoms with van der Waals surface area (Å²) in [6.07, 6.45) is 1.86. The van der Waals surface area contributed by atoms with Crippen molar-refractivity contribution in [3.63, 3.8) is 0 Å². The van der Waals surface area contributed by atoms with Gasteiger partial charge in [0.15, 0.2) is 0 Å². The predicted molar refractivity (Wildman–Crippen MR) is 110 cm³/mol. The maximum absolute atomic E-state index is 13.2. The third-order valence-corrected chi connectivity index (χ3v) is 5.90. The van der Waals surface area contributed by atoms with Gasteiger partial charge in [0, 0.05) is 44.6 Å². The summed E-state index contributed by atoms with van der Waals surface area (Å²) < 4.78 is 10.2. The Balaban J connectivity index is 1.63. The van der Waals surface area contributed by atoms with Gasteiger partial charge in [-0.15, -0.1) is 0 Å². The van der Waals surface area contributed by atoms with Crippen LogP contribution in [0.15, 0.2) is 29.1 Å². The van der Waals surface area contributed by atoms with Crippen LogP contribution in [0.3, 0.4) is 0 Å². The van der Waals surface area contributed by atoms with Crippen LogP contribution >= 0.6 is 0 Å². The fourth-order valence-corrected chi connectivity index (χ4v) is 4.08. The molecule has 1 aromatic carbocycles. The molecular weight excluding hydrogens is 370 g/mol. The lowest BCUT2D eigenvalue weighted by molar-refractivity contribution is 0.0613. The van der Waals surface area contributed by atoms with Crippen molar-refractivity contribution in [1.82, 2.24) is 24.2 Å². The minimum atomic E-state index is -0.417. The first kappa shape index (κ1) is 19.4. The first-order valence-electron chi connectivity index (χ1n) is 10.0. The molecule has 3 aromatic rings. The standard InChI is InChI=1S/C21H27N5O3/c1-14-17(15(2)24(3)23-14)12-22-20(27)26-19-7-5-4-6-18(19)25(21(26)28)13-16-8-10-29-11-9-16/h4-7,16H,8-13H2,1-3H3,(H,22,27). The van der Waals surface area contributed by atoms with Crippen molar-refractivity contribution in [2.75, 3.05) is 13.2 Å². The third kappa shape index (κ3) is 3.60. The van der Waals surface area contributed by atoms with Crippen molar-refractivity contribution >= 4 is 17.1 Å². The molecule has 1 N–H and O–H groups in total. The van der Waals surface area contributed by atoms with Gasteiger partial charge in [-0.1, -0.05) is 12.1 Å². The summed E-state index contributed by atoms with van der Waals surface area (Å²) >= 11 is 0. The SMILES string of the molecule is Cc1nn(C)c(C)c1CNC(=O)n1c(=O)n(CC2CCOCC2)c2ccccc21. The second kappa shape index (κ2) is 7.87. The van der Waals surface area contributed by atoms with E-state index in [0.717, 1.165) is 48.5 Å². The topological polar surface area (TPSA) is 83.1 Å². The molecule has 0 bridgehead atoms. The molecule has 8 nitrogen and oxygen atoms in total. The first-order chi connectivity index (χ1) is 14.0. The van der Waals surface area contributed by atoms with E-state index in [1.807, 2.05) is 45.2 Å². The lowest BCUT2D eigenvalue weighted by atomic mass is 10.0. The van der Waals surface area contributed by atoms with Gasteiger partial charge in [-0.3, -0.25) is 9.25 Å². The Hall–Kier alpha value is -2.87. The van der Waals surface area contributed by atoms with Crippen molar-refractivity contribution in [2.45, 2.75) is 39.8 Å². The molecule has 0 atom stereocenters. The van der Waals surface area contributed by atoms with E-state index >= 15 is 0 Å². The molecule has 2 aromatic heterocycles. The molecule has 3 heterocycles. The van der Waals surface area contributed by atoms with Gasteiger partial charge in [0.25, 0.3) is 0 Å². The number of aryl methyl sites for hydroxylation is 2. The van der Waals surface area contributed by atoms with E-state index in [2.05, 4.69) is 10.4 Å². The van der Waals surface area contributed by atoms with Gasteiger partial charge in [0.2, 0.25) is 0 Å². The van der Waals surface area contributed by atoms with Gasteiger partial charge < -0.3 is 10.1 Å². The van der Waals surface area contributed by atoms with Crippen LogP contribution in [0.5, 0.6) is 0 Å². The Labute approximate surface area is 169 Å². The number of hydrogen-bond donors (Lipinski definition) is 1. The molecule has 0 saturated carbocycles. The normalized spacial score (nSPS) is 15.1. The number of nitrogens with zero attached hydrogens (tertiary/aromatic N) is 4. The number of ether oxygens (including phenoxy) is 1. The zero-order valence-corrected chi connectivity index (χ0v) is 17.1. The highest BCUT2D eigenvalue weighted by molar-refractivity contribution is 5.89. The molecule has 0 unspecified atom stereocenters. The van der Waals surface area contributed by atoms with Gasteiger partial charge in [-0.2, -0.15) is 5.10 Å². The second-order valence-electron chi connectivity index (χ2n) is 7.70. The Morgan fingerprint density at radius 1 is 1.21 bits per heavy atom. The van der Waals surface area contributed by atoms with Gasteiger partial charge in [0.1, 0.15) is 0 Å². The number of fused-ring (bicyclic) bond motifs is 1. The van der Waals surface area contributed by atoms with E-state index < -0.39 is 6.03 Å². The van der Waals surface area contributed by atoms with Crippen LogP contribution in [0.2, 0.25) is 0 Å². The Bertz CT molecular complexity index is 1100. The van der Waals surface area contributed by atoms with Gasteiger partial charge >= 0.3 is 11.7 Å². The number of nitrogens with one attached hydrogen (secondary N) is 1. The number of rotatable bonds is 4. The summed E-state index contributed by atoms with van der Waals surface area (Å²) in [5, 5.41) is 7.28. The van der Waals surface area contributed by atoms with Crippen molar-refractivity contribution in [3.05, 3.63) is 51.7 Å². The quantitative estimate of drug-likeness (QED) is 0.733. The number of aromatic nitrogens is 4. The van der Waals surface area contributed by atoms with E-state index in [9.17, 15) is 9.59 Å². The maximum atomic E-state index is 13.2. The third-order valence-electron chi connectivity index (χ3n) is 5.90. The van der Waals surface area contributed by atoms with Crippen LogP contribution in [-0.4, -0.2) is 38.2 Å². The van der Waals surface area contributed by atoms with E-state index in [0.29, 0.717) is 24.5 Å². The fraction of sp³-hybridized carbons (Fsp3) is 0.476. The number of amides is 1. The van der Waals surface area contributed by atoms with Gasteiger partial charge in [-0.25, -0.2) is 14.2 Å². The molecule has 8 heteroatoms. The predicted octanol–water partition coefficient (Wildman–Crippen LogP) is 2.34. The van der Waals surface area contributed by atoms with E-state index in [1.54, 1.807) is 9.25 Å². The summed E-state index contributed by atoms with van der Waals surface area (Å²) in [6, 6.07) is 7.04. The minimum absolute atomic E-state index is 0.296. The Morgan fingerprint density at radius 2 is 1.90 bits per heavy atom. The summed E-state index contributed by atoms with van der Waals surface area (Å²) in [6.45, 7) is 6.26. The minimum Gasteiger partial charge on any atom is -0.381 e. The molecule has 1 aliphatic heterocycles. The van der Waals surface area contributed by atoms with Gasteiger partial charge in [0.05, 0.1) is 16.7 Å². The van der Waals surface area contributed by atoms with Crippen molar-refractivity contribution < 1.29 is 9.53 Å². The molecular formula is C21H27N5O3. The van der Waals surface area contributed by atoms with Crippen LogP contribution < -0.4 is 11.0 Å². The molecule has 1 saturated heterocycles. The summed E-state index contributed by atoms with van der Waals surface area (Å²) in [5.74, 6) is 0.379. The van der Waals surface area contributed by atoms with E-state index in [1.165, 1.54) is 4.57 Å². The molecule has 0 spiro atoms. The molecule has 154 valence electrons. The van der Waals surface area contributed by atoms with Crippen LogP contribution in [0.4, 0.5) is 4.79 Å². The zero-order chi connectivity index (χ0) is 20.5. The fourth-order valence-electron chi connectivity index (χ4n) is 4.08. The number of para-hydroxylation sites is 2. The number of carbonyl (C=O) groups is 1. The van der Waals surface area contributed by atoms with Crippen LogP contribution in [-0.2, 0) is 24.9 Å². The molecule has 4 rings (SSSR count). The monoisotopic (exact) mass is 397 g/mol. The Kier molecular flexibility index (Phi) is 5.27. The van der Waals surface area contributed by atoms with E-state index in [4.69, 9.17) is 4.74 Å². The zero-order valence-electron chi connectivity index (χ0n) is 17.1. The smallest absolute Gasteiger partial charge is 0.337 e. The van der Waals surface area contributed by atoms with Crippen molar-refractivity contribution in [2.24, 2.45) is 13.0 Å². The van der Waals surface area contributed by atoms with Crippen molar-refractivity contribution in [3.8, 4) is 0 Å². The lowest BCUT2D eigenvalue weighted by Crippen LogP contribution is -2.37. The molecule has 1 fully saturated rings. The highest BCUT2D eigenvalue weighted by Crippen LogP contribution is 2.20. The maximum Gasteiger partial charge on any atom is 0.337 e. The van der Waals surface area contributed by atoms with Crippen molar-refractivity contribution in [1.29, 1.82) is 0 Å². The first-order valence-corrected chi connectivity index (χ1v) is 10.0. The van der Waals surface area contributed by atoms with Crippen LogP contribution in [0.1, 0.15) is 29.8 Å². The van der Waals surface area contributed by atoms with Crippen LogP contribution in [0, 0.1) is 19.8 Å². The average Bonchev–Trinajstić information content (AvgIpc) is 3.13. The number of imidazole rings is 1. The molecule has 0 aliphatic carbocycles. The lowest BCUT2D eigenvalue weighted by Gasteiger charge is -2.22. The number of benzene rings is 1. The molecule has 1 amide bonds.